The Hall–Kier alpha value is -1.48. The molecule has 0 spiro atoms. The first-order valence-corrected chi connectivity index (χ1v) is 26.3. The molecule has 0 aromatic rings. The van der Waals surface area contributed by atoms with Gasteiger partial charge in [0.15, 0.2) is 56.6 Å². The van der Waals surface area contributed by atoms with E-state index >= 15 is 0 Å². The van der Waals surface area contributed by atoms with Crippen molar-refractivity contribution in [1.82, 2.24) is 0 Å². The van der Waals surface area contributed by atoms with Gasteiger partial charge < -0.3 is 183 Å². The van der Waals surface area contributed by atoms with Crippen molar-refractivity contribution in [3.63, 3.8) is 0 Å². The summed E-state index contributed by atoms with van der Waals surface area (Å²) < 4.78 is 93.8. The molecule has 9 aliphatic heterocycles. The van der Waals surface area contributed by atoms with Crippen molar-refractivity contribution in [2.45, 2.75) is 221 Å². The fourth-order valence-corrected chi connectivity index (χ4v) is 10.3. The van der Waals surface area contributed by atoms with Crippen molar-refractivity contribution >= 4 is 0 Å². The molecule has 9 heterocycles. The monoisotopic (exact) mass is 1210 g/mol. The standard InChI is InChI=1S/C45H74O37/c46-1-11-20(49)35(64)44(74-11)82-36-19(48)10(47)2-67-45(36)81-18-9-73-43(34(63)27(18)56)80-17-8-72-42(33(62)26(17)55)79-16-7-71-41(32(61)25(16)54)78-15-6-70-40(31(60)24(15)53)77-14-5-69-39(30(59)23(14)52)76-13-4-68-38(29(58)22(13)51)75-12-3-66-37(65)28(57)21(12)50/h10-65H,1-9H2/t10-,11+,12-,13-,14-,15-,16-,17-,18-,19+,20-,21+,22+,23+,24+,25+,26+,27+,28?,29?,30?,31?,32?,33?,34?,35?,36?,37-,38+,39-,40-,41-,42-,43-,44+,45+/m1/s1. The van der Waals surface area contributed by atoms with Gasteiger partial charge in [-0.1, -0.05) is 0 Å². The van der Waals surface area contributed by atoms with E-state index in [-0.39, 0.29) is 0 Å². The van der Waals surface area contributed by atoms with Gasteiger partial charge in [0, 0.05) is 0 Å². The maximum Gasteiger partial charge on any atom is 0.187 e. The minimum Gasteiger partial charge on any atom is -0.394 e. The summed E-state index contributed by atoms with van der Waals surface area (Å²) in [7, 11) is 0. The van der Waals surface area contributed by atoms with Gasteiger partial charge in [-0.2, -0.15) is 0 Å². The molecule has 0 aromatic carbocycles. The lowest BCUT2D eigenvalue weighted by Gasteiger charge is -2.46. The molecule has 82 heavy (non-hydrogen) atoms. The molecule has 37 nitrogen and oxygen atoms in total. The second-order valence-electron chi connectivity index (χ2n) is 21.1. The van der Waals surface area contributed by atoms with Crippen LogP contribution in [0.25, 0.3) is 0 Å². The van der Waals surface area contributed by atoms with Crippen molar-refractivity contribution in [3.05, 3.63) is 0 Å². The second-order valence-corrected chi connectivity index (χ2v) is 21.1. The molecule has 37 heteroatoms. The zero-order chi connectivity index (χ0) is 59.2. The van der Waals surface area contributed by atoms with E-state index in [0.717, 1.165) is 0 Å². The third kappa shape index (κ3) is 13.9. The van der Waals surface area contributed by atoms with Crippen LogP contribution in [0.1, 0.15) is 0 Å². The van der Waals surface area contributed by atoms with Crippen molar-refractivity contribution in [2.24, 2.45) is 0 Å². The highest BCUT2D eigenvalue weighted by molar-refractivity contribution is 4.96. The molecule has 476 valence electrons. The van der Waals surface area contributed by atoms with E-state index < -0.39 is 281 Å². The number of rotatable bonds is 17. The first kappa shape index (κ1) is 65.0. The number of ether oxygens (including phenoxy) is 17. The van der Waals surface area contributed by atoms with Gasteiger partial charge >= 0.3 is 0 Å². The summed E-state index contributed by atoms with van der Waals surface area (Å²) in [5, 5.41) is 212. The molecule has 0 amide bonds. The van der Waals surface area contributed by atoms with Crippen LogP contribution in [-0.4, -0.2) is 383 Å². The number of hydrogen-bond acceptors (Lipinski definition) is 37. The van der Waals surface area contributed by atoms with Crippen LogP contribution >= 0.6 is 0 Å². The van der Waals surface area contributed by atoms with Crippen molar-refractivity contribution in [2.75, 3.05) is 59.5 Å². The molecule has 9 fully saturated rings. The summed E-state index contributed by atoms with van der Waals surface area (Å²) in [5.41, 5.74) is 0. The molecule has 0 aromatic heterocycles. The van der Waals surface area contributed by atoms with Crippen LogP contribution in [0.2, 0.25) is 0 Å². The summed E-state index contributed by atoms with van der Waals surface area (Å²) in [5.74, 6) is 0. The average molecular weight is 1210 g/mol. The molecule has 0 aliphatic carbocycles. The van der Waals surface area contributed by atoms with Crippen LogP contribution in [0.3, 0.4) is 0 Å². The molecule has 9 unspecified atom stereocenters. The quantitative estimate of drug-likeness (QED) is 0.0643. The first-order chi connectivity index (χ1) is 39.0. The normalized spacial score (nSPS) is 54.4. The Balaban J connectivity index is 0.683. The molecule has 9 aliphatic rings. The van der Waals surface area contributed by atoms with Gasteiger partial charge in [0.05, 0.1) is 59.5 Å². The van der Waals surface area contributed by atoms with Crippen molar-refractivity contribution < 1.29 is 183 Å². The van der Waals surface area contributed by atoms with E-state index in [2.05, 4.69) is 0 Å². The minimum absolute atomic E-state index is 0.393. The van der Waals surface area contributed by atoms with Gasteiger partial charge in [0.2, 0.25) is 0 Å². The third-order valence-corrected chi connectivity index (χ3v) is 15.4. The van der Waals surface area contributed by atoms with E-state index in [4.69, 9.17) is 80.5 Å². The fraction of sp³-hybridized carbons (Fsp3) is 1.00. The fourth-order valence-electron chi connectivity index (χ4n) is 10.3. The largest absolute Gasteiger partial charge is 0.394 e. The molecule has 36 atom stereocenters. The molecule has 9 saturated heterocycles. The average Bonchev–Trinajstić information content (AvgIpc) is 3.83. The Bertz CT molecular complexity index is 1980. The maximum atomic E-state index is 11.0. The van der Waals surface area contributed by atoms with Gasteiger partial charge in [-0.3, -0.25) is 0 Å². The van der Waals surface area contributed by atoms with E-state index in [9.17, 15) is 102 Å². The Kier molecular flexibility index (Phi) is 22.1. The highest BCUT2D eigenvalue weighted by Crippen LogP contribution is 2.34. The molecule has 0 radical (unpaired) electrons. The predicted octanol–water partition coefficient (Wildman–Crippen LogP) is -14.9. The molecule has 0 bridgehead atoms. The van der Waals surface area contributed by atoms with Gasteiger partial charge in [-0.15, -0.1) is 0 Å². The SMILES string of the molecule is OC[C@@H]1O[C@@H](OC2[C@H](O[C@@H]3CO[C@H](O[C@@H]4CO[C@H](O[C@@H]5CO[C@H](O[C@@H]6CO[C@H](O[C@@H]7CO[C@H](O[C@@H]8CO[C@@H](O[C@@H]9CO[C@@H](O)C(O)[C@H]9O)C(O)[C@H]8O)C(O)[C@H]7O)C(O)[C@H]6O)C(O)[C@H]5O)C(O)[C@H]4O)C(O)[C@H]3O)OC[C@@H](O)[C@@H]2O)C(O)[C@@H]1O. The van der Waals surface area contributed by atoms with Crippen LogP contribution in [0, 0.1) is 0 Å². The lowest BCUT2D eigenvalue weighted by Crippen LogP contribution is -2.63. The Morgan fingerprint density at radius 1 is 0.244 bits per heavy atom. The Labute approximate surface area is 463 Å². The van der Waals surface area contributed by atoms with Crippen LogP contribution in [0.15, 0.2) is 0 Å². The Morgan fingerprint density at radius 3 is 0.793 bits per heavy atom. The molecule has 20 N–H and O–H groups in total. The topological polar surface area (TPSA) is 562 Å². The second kappa shape index (κ2) is 27.9. The van der Waals surface area contributed by atoms with Crippen LogP contribution in [0.4, 0.5) is 0 Å². The summed E-state index contributed by atoms with van der Waals surface area (Å²) in [4.78, 5) is 0. The van der Waals surface area contributed by atoms with E-state index in [1.165, 1.54) is 0 Å². The van der Waals surface area contributed by atoms with Gasteiger partial charge in [0.1, 0.15) is 165 Å². The maximum absolute atomic E-state index is 11.0. The van der Waals surface area contributed by atoms with Gasteiger partial charge in [0.25, 0.3) is 0 Å². The van der Waals surface area contributed by atoms with E-state index in [0.29, 0.717) is 0 Å². The molecule has 0 saturated carbocycles. The van der Waals surface area contributed by atoms with Crippen molar-refractivity contribution in [1.29, 1.82) is 0 Å². The predicted molar refractivity (Wildman–Crippen MR) is 243 cm³/mol. The molecule has 9 rings (SSSR count). The lowest BCUT2D eigenvalue weighted by molar-refractivity contribution is -0.370. The summed E-state index contributed by atoms with van der Waals surface area (Å²) in [6.45, 7) is -4.74. The number of aliphatic hydroxyl groups is 20. The smallest absolute Gasteiger partial charge is 0.187 e. The minimum atomic E-state index is -1.92. The highest BCUT2D eigenvalue weighted by Gasteiger charge is 2.55. The third-order valence-electron chi connectivity index (χ3n) is 15.4. The molecular formula is C45H74O37. The number of hydrogen-bond donors (Lipinski definition) is 20. The molecular weight excluding hydrogens is 1130 g/mol. The zero-order valence-corrected chi connectivity index (χ0v) is 43.0. The zero-order valence-electron chi connectivity index (χ0n) is 43.0. The highest BCUT2D eigenvalue weighted by atomic mass is 16.8. The van der Waals surface area contributed by atoms with Crippen LogP contribution in [-0.2, 0) is 80.5 Å². The van der Waals surface area contributed by atoms with Crippen LogP contribution in [0.5, 0.6) is 0 Å². The Morgan fingerprint density at radius 2 is 0.500 bits per heavy atom. The van der Waals surface area contributed by atoms with E-state index in [1.54, 1.807) is 0 Å². The van der Waals surface area contributed by atoms with E-state index in [1.807, 2.05) is 0 Å². The van der Waals surface area contributed by atoms with Gasteiger partial charge in [-0.05, 0) is 0 Å². The first-order valence-electron chi connectivity index (χ1n) is 26.3. The van der Waals surface area contributed by atoms with Crippen LogP contribution < -0.4 is 0 Å². The van der Waals surface area contributed by atoms with Gasteiger partial charge in [-0.25, -0.2) is 0 Å². The van der Waals surface area contributed by atoms with Crippen molar-refractivity contribution in [3.8, 4) is 0 Å². The number of aliphatic hydroxyl groups excluding tert-OH is 20. The lowest BCUT2D eigenvalue weighted by atomic mass is 10.0. The summed E-state index contributed by atoms with van der Waals surface area (Å²) in [6, 6.07) is 0. The summed E-state index contributed by atoms with van der Waals surface area (Å²) in [6.07, 6.45) is -59.6. The summed E-state index contributed by atoms with van der Waals surface area (Å²) >= 11 is 0.